The molecule has 1 heterocycles. The van der Waals surface area contributed by atoms with Gasteiger partial charge in [-0.2, -0.15) is 0 Å². The standard InChI is InChI=1S/C23H26FN3OS/c1-15-8-9-20(16(2)10-15)23-26-19(14-29-23)12-22(28)25-13-21(27(3)4)17-6-5-7-18(24)11-17/h5-11,14,21H,12-13H2,1-4H3,(H,25,28)/t21-/m1/s1. The minimum atomic E-state index is -0.276. The monoisotopic (exact) mass is 411 g/mol. The highest BCUT2D eigenvalue weighted by atomic mass is 32.1. The third-order valence-electron chi connectivity index (χ3n) is 4.86. The van der Waals surface area contributed by atoms with Crippen LogP contribution in [0.15, 0.2) is 47.8 Å². The number of hydrogen-bond donors (Lipinski definition) is 1. The molecule has 0 bridgehead atoms. The fourth-order valence-corrected chi connectivity index (χ4v) is 4.23. The Labute approximate surface area is 175 Å². The van der Waals surface area contributed by atoms with Crippen molar-refractivity contribution in [3.8, 4) is 10.6 Å². The molecule has 0 unspecified atom stereocenters. The van der Waals surface area contributed by atoms with E-state index in [9.17, 15) is 9.18 Å². The maximum atomic E-state index is 13.6. The number of likely N-dealkylation sites (N-methyl/N-ethyl adjacent to an activating group) is 1. The molecule has 3 aromatic rings. The van der Waals surface area contributed by atoms with Crippen molar-refractivity contribution in [2.24, 2.45) is 0 Å². The van der Waals surface area contributed by atoms with Crippen molar-refractivity contribution in [3.05, 3.63) is 76.0 Å². The van der Waals surface area contributed by atoms with Crippen LogP contribution >= 0.6 is 11.3 Å². The van der Waals surface area contributed by atoms with E-state index in [1.54, 1.807) is 17.4 Å². The van der Waals surface area contributed by atoms with E-state index in [1.807, 2.05) is 30.4 Å². The van der Waals surface area contributed by atoms with E-state index < -0.39 is 0 Å². The van der Waals surface area contributed by atoms with Crippen LogP contribution in [0.1, 0.15) is 28.4 Å². The SMILES string of the molecule is Cc1ccc(-c2nc(CC(=O)NC[C@H](c3cccc(F)c3)N(C)C)cs2)c(C)c1. The molecule has 3 rings (SSSR count). The fourth-order valence-electron chi connectivity index (χ4n) is 3.32. The molecule has 0 aliphatic carbocycles. The van der Waals surface area contributed by atoms with Crippen LogP contribution in [-0.2, 0) is 11.2 Å². The molecule has 0 radical (unpaired) electrons. The highest BCUT2D eigenvalue weighted by Crippen LogP contribution is 2.27. The molecule has 4 nitrogen and oxygen atoms in total. The van der Waals surface area contributed by atoms with Gasteiger partial charge in [0.1, 0.15) is 10.8 Å². The van der Waals surface area contributed by atoms with Crippen molar-refractivity contribution >= 4 is 17.2 Å². The number of nitrogens with one attached hydrogen (secondary N) is 1. The van der Waals surface area contributed by atoms with Crippen LogP contribution in [0.25, 0.3) is 10.6 Å². The Morgan fingerprint density at radius 3 is 2.69 bits per heavy atom. The first-order valence-corrected chi connectivity index (χ1v) is 10.4. The Balaban J connectivity index is 1.62. The number of hydrogen-bond acceptors (Lipinski definition) is 4. The zero-order chi connectivity index (χ0) is 21.0. The minimum Gasteiger partial charge on any atom is -0.354 e. The van der Waals surface area contributed by atoms with E-state index in [-0.39, 0.29) is 24.2 Å². The number of aryl methyl sites for hydroxylation is 2. The summed E-state index contributed by atoms with van der Waals surface area (Å²) in [6.45, 7) is 4.55. The molecule has 1 N–H and O–H groups in total. The molecule has 0 saturated carbocycles. The molecule has 1 amide bonds. The lowest BCUT2D eigenvalue weighted by Gasteiger charge is -2.25. The number of carbonyl (C=O) groups excluding carboxylic acids is 1. The molecule has 0 saturated heterocycles. The van der Waals surface area contributed by atoms with Gasteiger partial charge in [-0.25, -0.2) is 9.37 Å². The molecule has 1 aromatic heterocycles. The van der Waals surface area contributed by atoms with Gasteiger partial charge in [-0.05, 0) is 51.2 Å². The highest BCUT2D eigenvalue weighted by Gasteiger charge is 2.17. The molecule has 29 heavy (non-hydrogen) atoms. The van der Waals surface area contributed by atoms with Gasteiger partial charge < -0.3 is 10.2 Å². The quantitative estimate of drug-likeness (QED) is 0.621. The summed E-state index contributed by atoms with van der Waals surface area (Å²) in [5.41, 5.74) is 5.09. The molecule has 0 spiro atoms. The summed E-state index contributed by atoms with van der Waals surface area (Å²) in [5.74, 6) is -0.368. The molecule has 0 aliphatic heterocycles. The Bertz CT molecular complexity index is 999. The first kappa shape index (κ1) is 21.1. The molecule has 6 heteroatoms. The van der Waals surface area contributed by atoms with Gasteiger partial charge in [0.05, 0.1) is 18.2 Å². The number of halogens is 1. The summed E-state index contributed by atoms with van der Waals surface area (Å²) >= 11 is 1.55. The Morgan fingerprint density at radius 1 is 1.21 bits per heavy atom. The van der Waals surface area contributed by atoms with Crippen molar-refractivity contribution in [3.63, 3.8) is 0 Å². The molecule has 0 fully saturated rings. The van der Waals surface area contributed by atoms with Crippen molar-refractivity contribution in [2.45, 2.75) is 26.3 Å². The average Bonchev–Trinajstić information content (AvgIpc) is 3.09. The van der Waals surface area contributed by atoms with Crippen LogP contribution < -0.4 is 5.32 Å². The summed E-state index contributed by atoms with van der Waals surface area (Å²) in [6.07, 6.45) is 0.227. The predicted molar refractivity (Wildman–Crippen MR) is 117 cm³/mol. The van der Waals surface area contributed by atoms with Gasteiger partial charge in [0.15, 0.2) is 0 Å². The largest absolute Gasteiger partial charge is 0.354 e. The number of benzene rings is 2. The number of rotatable bonds is 7. The van der Waals surface area contributed by atoms with Gasteiger partial charge >= 0.3 is 0 Å². The Hall–Kier alpha value is -2.57. The minimum absolute atomic E-state index is 0.0919. The van der Waals surface area contributed by atoms with Crippen molar-refractivity contribution in [2.75, 3.05) is 20.6 Å². The van der Waals surface area contributed by atoms with E-state index in [4.69, 9.17) is 0 Å². The second-order valence-corrected chi connectivity index (χ2v) is 8.34. The molecule has 2 aromatic carbocycles. The highest BCUT2D eigenvalue weighted by molar-refractivity contribution is 7.13. The van der Waals surface area contributed by atoms with Gasteiger partial charge in [-0.15, -0.1) is 11.3 Å². The van der Waals surface area contributed by atoms with E-state index in [1.165, 1.54) is 23.3 Å². The first-order valence-electron chi connectivity index (χ1n) is 9.54. The van der Waals surface area contributed by atoms with Gasteiger partial charge in [0.25, 0.3) is 0 Å². The van der Waals surface area contributed by atoms with Gasteiger partial charge in [-0.1, -0.05) is 35.9 Å². The zero-order valence-electron chi connectivity index (χ0n) is 17.2. The Morgan fingerprint density at radius 2 is 2.00 bits per heavy atom. The van der Waals surface area contributed by atoms with Gasteiger partial charge in [0, 0.05) is 17.5 Å². The molecule has 152 valence electrons. The maximum absolute atomic E-state index is 13.6. The number of carbonyl (C=O) groups is 1. The van der Waals surface area contributed by atoms with E-state index in [0.717, 1.165) is 21.8 Å². The van der Waals surface area contributed by atoms with E-state index >= 15 is 0 Å². The number of thiazole rings is 1. The number of amides is 1. The van der Waals surface area contributed by atoms with Gasteiger partial charge in [-0.3, -0.25) is 4.79 Å². The lowest BCUT2D eigenvalue weighted by molar-refractivity contribution is -0.120. The second kappa shape index (κ2) is 9.29. The molecule has 0 aliphatic rings. The van der Waals surface area contributed by atoms with E-state index in [0.29, 0.717) is 6.54 Å². The lowest BCUT2D eigenvalue weighted by Crippen LogP contribution is -2.35. The number of nitrogens with zero attached hydrogens (tertiary/aromatic N) is 2. The van der Waals surface area contributed by atoms with E-state index in [2.05, 4.69) is 42.3 Å². The maximum Gasteiger partial charge on any atom is 0.226 e. The summed E-state index contributed by atoms with van der Waals surface area (Å²) in [5, 5.41) is 5.82. The predicted octanol–water partition coefficient (Wildman–Crippen LogP) is 4.53. The lowest BCUT2D eigenvalue weighted by atomic mass is 10.1. The third kappa shape index (κ3) is 5.49. The topological polar surface area (TPSA) is 45.2 Å². The molecular weight excluding hydrogens is 385 g/mol. The van der Waals surface area contributed by atoms with Crippen LogP contribution in [0, 0.1) is 19.7 Å². The normalized spacial score (nSPS) is 12.2. The van der Waals surface area contributed by atoms with Crippen LogP contribution in [0.4, 0.5) is 4.39 Å². The molecule has 1 atom stereocenters. The summed E-state index contributed by atoms with van der Waals surface area (Å²) < 4.78 is 13.6. The second-order valence-electron chi connectivity index (χ2n) is 7.48. The van der Waals surface area contributed by atoms with Gasteiger partial charge in [0.2, 0.25) is 5.91 Å². The summed E-state index contributed by atoms with van der Waals surface area (Å²) in [7, 11) is 3.83. The average molecular weight is 412 g/mol. The summed E-state index contributed by atoms with van der Waals surface area (Å²) in [6, 6.07) is 12.7. The first-order chi connectivity index (χ1) is 13.8. The Kier molecular flexibility index (Phi) is 6.77. The van der Waals surface area contributed by atoms with Crippen LogP contribution in [0.3, 0.4) is 0 Å². The van der Waals surface area contributed by atoms with Crippen molar-refractivity contribution in [1.82, 2.24) is 15.2 Å². The fraction of sp³-hybridized carbons (Fsp3) is 0.304. The number of aromatic nitrogens is 1. The third-order valence-corrected chi connectivity index (χ3v) is 5.78. The smallest absolute Gasteiger partial charge is 0.226 e. The molecular formula is C23H26FN3OS. The van der Waals surface area contributed by atoms with Crippen molar-refractivity contribution < 1.29 is 9.18 Å². The van der Waals surface area contributed by atoms with Crippen LogP contribution in [0.2, 0.25) is 0 Å². The summed E-state index contributed by atoms with van der Waals surface area (Å²) in [4.78, 5) is 19.1. The zero-order valence-corrected chi connectivity index (χ0v) is 18.0. The van der Waals surface area contributed by atoms with Crippen LogP contribution in [0.5, 0.6) is 0 Å². The van der Waals surface area contributed by atoms with Crippen LogP contribution in [-0.4, -0.2) is 36.4 Å². The van der Waals surface area contributed by atoms with Crippen molar-refractivity contribution in [1.29, 1.82) is 0 Å².